The number of aromatic nitrogens is 2. The average molecular weight is 349 g/mol. The van der Waals surface area contributed by atoms with E-state index in [1.807, 2.05) is 6.92 Å². The molecule has 0 bridgehead atoms. The Hall–Kier alpha value is -0.960. The van der Waals surface area contributed by atoms with Gasteiger partial charge in [0, 0.05) is 5.69 Å². The van der Waals surface area contributed by atoms with Crippen molar-refractivity contribution in [1.82, 2.24) is 10.2 Å². The summed E-state index contributed by atoms with van der Waals surface area (Å²) in [5, 5.41) is 14.8. The third kappa shape index (κ3) is 4.27. The SMILES string of the molecule is CCSc1nnc(NC(=S)Nc2ccc(F)c(Cl)c2)s1. The van der Waals surface area contributed by atoms with Gasteiger partial charge in [0.25, 0.3) is 0 Å². The summed E-state index contributed by atoms with van der Waals surface area (Å²) in [6.07, 6.45) is 0. The zero-order valence-electron chi connectivity index (χ0n) is 10.3. The average Bonchev–Trinajstić information content (AvgIpc) is 2.81. The summed E-state index contributed by atoms with van der Waals surface area (Å²) in [6, 6.07) is 4.28. The largest absolute Gasteiger partial charge is 0.332 e. The second kappa shape index (κ2) is 7.16. The van der Waals surface area contributed by atoms with Gasteiger partial charge in [-0.15, -0.1) is 10.2 Å². The summed E-state index contributed by atoms with van der Waals surface area (Å²) >= 11 is 13.9. The molecular formula is C11H10ClFN4S3. The van der Waals surface area contributed by atoms with E-state index in [9.17, 15) is 4.39 Å². The van der Waals surface area contributed by atoms with Gasteiger partial charge >= 0.3 is 0 Å². The fourth-order valence-corrected chi connectivity index (χ4v) is 3.39. The minimum Gasteiger partial charge on any atom is -0.332 e. The lowest BCUT2D eigenvalue weighted by Crippen LogP contribution is -2.18. The highest BCUT2D eigenvalue weighted by atomic mass is 35.5. The predicted molar refractivity (Wildman–Crippen MR) is 87.6 cm³/mol. The van der Waals surface area contributed by atoms with Crippen LogP contribution in [0.4, 0.5) is 15.2 Å². The minimum atomic E-state index is -0.471. The van der Waals surface area contributed by atoms with Crippen molar-refractivity contribution in [3.05, 3.63) is 29.0 Å². The van der Waals surface area contributed by atoms with Crippen LogP contribution in [0.2, 0.25) is 5.02 Å². The number of hydrogen-bond acceptors (Lipinski definition) is 5. The lowest BCUT2D eigenvalue weighted by Gasteiger charge is -2.08. The second-order valence-electron chi connectivity index (χ2n) is 3.51. The molecule has 2 aromatic rings. The van der Waals surface area contributed by atoms with E-state index in [4.69, 9.17) is 23.8 Å². The monoisotopic (exact) mass is 348 g/mol. The molecule has 1 heterocycles. The van der Waals surface area contributed by atoms with E-state index < -0.39 is 5.82 Å². The van der Waals surface area contributed by atoms with Gasteiger partial charge in [-0.3, -0.25) is 0 Å². The van der Waals surface area contributed by atoms with E-state index in [1.165, 1.54) is 23.5 Å². The van der Waals surface area contributed by atoms with Crippen LogP contribution in [0.15, 0.2) is 22.5 Å². The van der Waals surface area contributed by atoms with Gasteiger partial charge in [-0.05, 0) is 36.2 Å². The van der Waals surface area contributed by atoms with Crippen LogP contribution in [0, 0.1) is 5.82 Å². The van der Waals surface area contributed by atoms with Gasteiger partial charge in [0.05, 0.1) is 5.02 Å². The number of halogens is 2. The van der Waals surface area contributed by atoms with Crippen molar-refractivity contribution in [2.75, 3.05) is 16.4 Å². The molecular weight excluding hydrogens is 339 g/mol. The van der Waals surface area contributed by atoms with Crippen LogP contribution in [0.1, 0.15) is 6.92 Å². The van der Waals surface area contributed by atoms with Gasteiger partial charge in [0.15, 0.2) is 9.45 Å². The molecule has 9 heteroatoms. The van der Waals surface area contributed by atoms with Crippen LogP contribution in [-0.2, 0) is 0 Å². The highest BCUT2D eigenvalue weighted by Gasteiger charge is 2.07. The smallest absolute Gasteiger partial charge is 0.212 e. The van der Waals surface area contributed by atoms with E-state index in [0.29, 0.717) is 15.9 Å². The fourth-order valence-electron chi connectivity index (χ4n) is 1.28. The Kier molecular flexibility index (Phi) is 5.53. The molecule has 0 saturated carbocycles. The molecule has 0 spiro atoms. The lowest BCUT2D eigenvalue weighted by molar-refractivity contribution is 0.628. The Morgan fingerprint density at radius 3 is 2.95 bits per heavy atom. The number of nitrogens with one attached hydrogen (secondary N) is 2. The molecule has 1 aromatic heterocycles. The van der Waals surface area contributed by atoms with Crippen LogP contribution in [0.3, 0.4) is 0 Å². The molecule has 106 valence electrons. The number of rotatable bonds is 4. The number of hydrogen-bond donors (Lipinski definition) is 2. The molecule has 0 aliphatic rings. The number of thioether (sulfide) groups is 1. The first kappa shape index (κ1) is 15.4. The van der Waals surface area contributed by atoms with E-state index in [2.05, 4.69) is 20.8 Å². The molecule has 0 aliphatic heterocycles. The van der Waals surface area contributed by atoms with Crippen LogP contribution in [0.25, 0.3) is 0 Å². The Bertz CT molecular complexity index is 619. The van der Waals surface area contributed by atoms with Crippen molar-refractivity contribution < 1.29 is 4.39 Å². The van der Waals surface area contributed by atoms with Crippen LogP contribution >= 0.6 is 46.9 Å². The van der Waals surface area contributed by atoms with Crippen molar-refractivity contribution in [2.45, 2.75) is 11.3 Å². The normalized spacial score (nSPS) is 10.3. The van der Waals surface area contributed by atoms with Crippen molar-refractivity contribution in [2.24, 2.45) is 0 Å². The number of nitrogens with zero attached hydrogens (tertiary/aromatic N) is 2. The summed E-state index contributed by atoms with van der Waals surface area (Å²) in [4.78, 5) is 0. The van der Waals surface area contributed by atoms with Gasteiger partial charge in [-0.25, -0.2) is 4.39 Å². The first-order chi connectivity index (χ1) is 9.58. The summed E-state index contributed by atoms with van der Waals surface area (Å²) in [5.74, 6) is 0.465. The number of anilines is 2. The molecule has 0 unspecified atom stereocenters. The minimum absolute atomic E-state index is 0.0374. The van der Waals surface area contributed by atoms with Crippen molar-refractivity contribution in [3.63, 3.8) is 0 Å². The summed E-state index contributed by atoms with van der Waals surface area (Å²) in [7, 11) is 0. The molecule has 0 atom stereocenters. The number of benzene rings is 1. The third-order valence-electron chi connectivity index (χ3n) is 2.07. The first-order valence-corrected chi connectivity index (χ1v) is 8.16. The summed E-state index contributed by atoms with van der Waals surface area (Å²) in [6.45, 7) is 2.05. The van der Waals surface area contributed by atoms with Gasteiger partial charge < -0.3 is 10.6 Å². The van der Waals surface area contributed by atoms with E-state index in [1.54, 1.807) is 17.8 Å². The standard InChI is InChI=1S/C11H10ClFN4S3/c1-2-19-11-17-16-10(20-11)15-9(18)14-6-3-4-8(13)7(12)5-6/h3-5H,2H2,1H3,(H2,14,15,16,18). The van der Waals surface area contributed by atoms with Gasteiger partial charge in [-0.2, -0.15) is 0 Å². The maximum Gasteiger partial charge on any atom is 0.212 e. The quantitative estimate of drug-likeness (QED) is 0.636. The Balaban J connectivity index is 1.95. The highest BCUT2D eigenvalue weighted by Crippen LogP contribution is 2.25. The highest BCUT2D eigenvalue weighted by molar-refractivity contribution is 8.01. The molecule has 4 nitrogen and oxygen atoms in total. The Morgan fingerprint density at radius 2 is 2.25 bits per heavy atom. The van der Waals surface area contributed by atoms with Crippen molar-refractivity contribution >= 4 is 62.8 Å². The first-order valence-electron chi connectivity index (χ1n) is 5.58. The maximum atomic E-state index is 13.0. The van der Waals surface area contributed by atoms with Gasteiger partial charge in [0.1, 0.15) is 5.82 Å². The van der Waals surface area contributed by atoms with Gasteiger partial charge in [-0.1, -0.05) is 41.6 Å². The lowest BCUT2D eigenvalue weighted by atomic mass is 10.3. The van der Waals surface area contributed by atoms with Crippen molar-refractivity contribution in [3.8, 4) is 0 Å². The second-order valence-corrected chi connectivity index (χ2v) is 6.82. The molecule has 0 fully saturated rings. The van der Waals surface area contributed by atoms with Crippen LogP contribution < -0.4 is 10.6 Å². The molecule has 0 amide bonds. The fraction of sp³-hybridized carbons (Fsp3) is 0.182. The zero-order chi connectivity index (χ0) is 14.5. The topological polar surface area (TPSA) is 49.8 Å². The molecule has 1 aromatic carbocycles. The van der Waals surface area contributed by atoms with E-state index in [0.717, 1.165) is 10.1 Å². The summed E-state index contributed by atoms with van der Waals surface area (Å²) < 4.78 is 13.9. The Morgan fingerprint density at radius 1 is 1.45 bits per heavy atom. The molecule has 2 rings (SSSR count). The number of thiocarbonyl (C=S) groups is 1. The molecule has 0 saturated heterocycles. The third-order valence-corrected chi connectivity index (χ3v) is 4.42. The Labute approximate surface area is 134 Å². The predicted octanol–water partition coefficient (Wildman–Crippen LogP) is 4.25. The van der Waals surface area contributed by atoms with Crippen molar-refractivity contribution in [1.29, 1.82) is 0 Å². The van der Waals surface area contributed by atoms with E-state index in [-0.39, 0.29) is 5.02 Å². The summed E-state index contributed by atoms with van der Waals surface area (Å²) in [5.41, 5.74) is 0.599. The van der Waals surface area contributed by atoms with Gasteiger partial charge in [0.2, 0.25) is 5.13 Å². The van der Waals surface area contributed by atoms with Crippen LogP contribution in [-0.4, -0.2) is 21.1 Å². The zero-order valence-corrected chi connectivity index (χ0v) is 13.5. The van der Waals surface area contributed by atoms with E-state index >= 15 is 0 Å². The molecule has 0 radical (unpaired) electrons. The molecule has 0 aliphatic carbocycles. The maximum absolute atomic E-state index is 13.0. The molecule has 2 N–H and O–H groups in total. The molecule has 20 heavy (non-hydrogen) atoms. The van der Waals surface area contributed by atoms with Crippen LogP contribution in [0.5, 0.6) is 0 Å².